The normalized spacial score (nSPS) is 17.8. The highest BCUT2D eigenvalue weighted by Gasteiger charge is 2.17. The van der Waals surface area contributed by atoms with E-state index in [-0.39, 0.29) is 0 Å². The fraction of sp³-hybridized carbons (Fsp3) is 0.444. The van der Waals surface area contributed by atoms with E-state index >= 15 is 0 Å². The number of hydrogen-bond donors (Lipinski definition) is 1. The second-order valence-corrected chi connectivity index (χ2v) is 7.26. The summed E-state index contributed by atoms with van der Waals surface area (Å²) in [5.74, 6) is 1.06. The van der Waals surface area contributed by atoms with Crippen molar-refractivity contribution in [2.24, 2.45) is 0 Å². The lowest BCUT2D eigenvalue weighted by atomic mass is 9.99. The molecule has 0 saturated carbocycles. The maximum Gasteiger partial charge on any atom is 0.122 e. The van der Waals surface area contributed by atoms with Crippen molar-refractivity contribution in [2.75, 3.05) is 11.9 Å². The molecule has 0 radical (unpaired) electrons. The van der Waals surface area contributed by atoms with Gasteiger partial charge in [-0.1, -0.05) is 0 Å². The first-order valence-electron chi connectivity index (χ1n) is 7.93. The van der Waals surface area contributed by atoms with Gasteiger partial charge in [-0.2, -0.15) is 0 Å². The number of hydrogen-bond acceptors (Lipinski definition) is 3. The maximum atomic E-state index is 5.57. The van der Waals surface area contributed by atoms with Crippen molar-refractivity contribution in [3.05, 3.63) is 45.1 Å². The molecule has 2 heterocycles. The van der Waals surface area contributed by atoms with Gasteiger partial charge in [0.15, 0.2) is 0 Å². The fourth-order valence-corrected chi connectivity index (χ4v) is 4.58. The van der Waals surface area contributed by atoms with Crippen molar-refractivity contribution < 1.29 is 4.74 Å². The molecule has 0 bridgehead atoms. The first kappa shape index (κ1) is 13.2. The van der Waals surface area contributed by atoms with Crippen LogP contribution in [0, 0.1) is 0 Å². The lowest BCUT2D eigenvalue weighted by molar-refractivity contribution is 0.357. The second-order valence-electron chi connectivity index (χ2n) is 6.09. The van der Waals surface area contributed by atoms with Crippen LogP contribution in [0.1, 0.15) is 46.7 Å². The molecule has 2 aliphatic rings. The molecular formula is C18H21NOS. The van der Waals surface area contributed by atoms with Crippen LogP contribution in [-0.4, -0.2) is 6.61 Å². The maximum absolute atomic E-state index is 5.57. The highest BCUT2D eigenvalue weighted by Crippen LogP contribution is 2.35. The molecule has 2 nitrogen and oxygen atoms in total. The molecule has 1 aromatic carbocycles. The molecule has 4 rings (SSSR count). The zero-order valence-electron chi connectivity index (χ0n) is 12.4. The third-order valence-corrected chi connectivity index (χ3v) is 5.93. The SMILES string of the molecule is CC(Nc1ccc2c(c1)CCO2)c1cc2c(s1)CCCC2. The Kier molecular flexibility index (Phi) is 3.38. The Balaban J connectivity index is 1.52. The van der Waals surface area contributed by atoms with E-state index < -0.39 is 0 Å². The summed E-state index contributed by atoms with van der Waals surface area (Å²) in [6, 6.07) is 9.27. The Labute approximate surface area is 130 Å². The number of ether oxygens (including phenoxy) is 1. The molecule has 3 heteroatoms. The molecular weight excluding hydrogens is 278 g/mol. The van der Waals surface area contributed by atoms with Crippen molar-refractivity contribution in [3.63, 3.8) is 0 Å². The zero-order chi connectivity index (χ0) is 14.2. The first-order chi connectivity index (χ1) is 10.3. The Morgan fingerprint density at radius 1 is 1.10 bits per heavy atom. The molecule has 1 unspecified atom stereocenters. The number of fused-ring (bicyclic) bond motifs is 2. The summed E-state index contributed by atoms with van der Waals surface area (Å²) in [4.78, 5) is 3.09. The summed E-state index contributed by atoms with van der Waals surface area (Å²) in [5.41, 5.74) is 4.13. The van der Waals surface area contributed by atoms with Crippen molar-refractivity contribution in [1.82, 2.24) is 0 Å². The topological polar surface area (TPSA) is 21.3 Å². The van der Waals surface area contributed by atoms with Gasteiger partial charge in [0.2, 0.25) is 0 Å². The van der Waals surface area contributed by atoms with Gasteiger partial charge in [-0.25, -0.2) is 0 Å². The molecule has 1 aliphatic carbocycles. The highest BCUT2D eigenvalue weighted by molar-refractivity contribution is 7.12. The van der Waals surface area contributed by atoms with E-state index in [1.54, 1.807) is 10.4 Å². The van der Waals surface area contributed by atoms with E-state index in [9.17, 15) is 0 Å². The van der Waals surface area contributed by atoms with Crippen molar-refractivity contribution in [1.29, 1.82) is 0 Å². The predicted octanol–water partition coefficient (Wildman–Crippen LogP) is 4.73. The molecule has 2 aromatic rings. The number of benzene rings is 1. The summed E-state index contributed by atoms with van der Waals surface area (Å²) in [6.45, 7) is 3.09. The Morgan fingerprint density at radius 2 is 2.00 bits per heavy atom. The second kappa shape index (κ2) is 5.38. The smallest absolute Gasteiger partial charge is 0.122 e. The number of aryl methyl sites for hydroxylation is 2. The van der Waals surface area contributed by atoms with Crippen LogP contribution >= 0.6 is 11.3 Å². The number of anilines is 1. The van der Waals surface area contributed by atoms with E-state index in [1.807, 2.05) is 11.3 Å². The predicted molar refractivity (Wildman–Crippen MR) is 88.6 cm³/mol. The van der Waals surface area contributed by atoms with Crippen LogP contribution in [-0.2, 0) is 19.3 Å². The molecule has 1 aromatic heterocycles. The highest BCUT2D eigenvalue weighted by atomic mass is 32.1. The van der Waals surface area contributed by atoms with Gasteiger partial charge < -0.3 is 10.1 Å². The minimum Gasteiger partial charge on any atom is -0.493 e. The van der Waals surface area contributed by atoms with Crippen molar-refractivity contribution >= 4 is 17.0 Å². The van der Waals surface area contributed by atoms with Gasteiger partial charge in [-0.05, 0) is 68.0 Å². The number of rotatable bonds is 3. The van der Waals surface area contributed by atoms with Gasteiger partial charge in [0.05, 0.1) is 12.6 Å². The zero-order valence-corrected chi connectivity index (χ0v) is 13.3. The summed E-state index contributed by atoms with van der Waals surface area (Å²) in [5, 5.41) is 3.65. The van der Waals surface area contributed by atoms with Crippen molar-refractivity contribution in [2.45, 2.75) is 45.1 Å². The van der Waals surface area contributed by atoms with E-state index in [0.29, 0.717) is 6.04 Å². The Hall–Kier alpha value is -1.48. The molecule has 0 saturated heterocycles. The minimum atomic E-state index is 0.376. The van der Waals surface area contributed by atoms with Crippen LogP contribution in [0.2, 0.25) is 0 Å². The monoisotopic (exact) mass is 299 g/mol. The number of thiophene rings is 1. The van der Waals surface area contributed by atoms with Crippen LogP contribution in [0.4, 0.5) is 5.69 Å². The molecule has 0 fully saturated rings. The molecule has 0 spiro atoms. The number of nitrogens with one attached hydrogen (secondary N) is 1. The minimum absolute atomic E-state index is 0.376. The molecule has 21 heavy (non-hydrogen) atoms. The first-order valence-corrected chi connectivity index (χ1v) is 8.75. The van der Waals surface area contributed by atoms with Gasteiger partial charge in [-0.3, -0.25) is 0 Å². The largest absolute Gasteiger partial charge is 0.493 e. The van der Waals surface area contributed by atoms with Crippen LogP contribution in [0.3, 0.4) is 0 Å². The van der Waals surface area contributed by atoms with E-state index in [1.165, 1.54) is 41.8 Å². The van der Waals surface area contributed by atoms with Gasteiger partial charge in [0.1, 0.15) is 5.75 Å². The van der Waals surface area contributed by atoms with E-state index in [2.05, 4.69) is 36.5 Å². The Bertz CT molecular complexity index is 638. The average Bonchev–Trinajstić information content (AvgIpc) is 3.13. The standard InChI is InChI=1S/C18H21NOS/c1-12(18-11-14-4-2-3-5-17(14)21-18)19-15-6-7-16-13(10-15)8-9-20-16/h6-7,10-12,19H,2-5,8-9H2,1H3. The fourth-order valence-electron chi connectivity index (χ4n) is 3.32. The van der Waals surface area contributed by atoms with Gasteiger partial charge in [0.25, 0.3) is 0 Å². The van der Waals surface area contributed by atoms with E-state index in [4.69, 9.17) is 4.74 Å². The summed E-state index contributed by atoms with van der Waals surface area (Å²) >= 11 is 2.00. The Morgan fingerprint density at radius 3 is 2.90 bits per heavy atom. The van der Waals surface area contributed by atoms with Crippen molar-refractivity contribution in [3.8, 4) is 5.75 Å². The summed E-state index contributed by atoms with van der Waals surface area (Å²) < 4.78 is 5.57. The lowest BCUT2D eigenvalue weighted by Crippen LogP contribution is -2.04. The van der Waals surface area contributed by atoms with Gasteiger partial charge >= 0.3 is 0 Å². The third kappa shape index (κ3) is 2.55. The summed E-state index contributed by atoms with van der Waals surface area (Å²) in [7, 11) is 0. The van der Waals surface area contributed by atoms with Crippen LogP contribution in [0.15, 0.2) is 24.3 Å². The molecule has 1 N–H and O–H groups in total. The van der Waals surface area contributed by atoms with Crippen LogP contribution < -0.4 is 10.1 Å². The molecule has 1 aliphatic heterocycles. The quantitative estimate of drug-likeness (QED) is 0.884. The van der Waals surface area contributed by atoms with Gasteiger partial charge in [0, 0.05) is 21.9 Å². The average molecular weight is 299 g/mol. The molecule has 0 amide bonds. The summed E-state index contributed by atoms with van der Waals surface area (Å²) in [6.07, 6.45) is 6.31. The van der Waals surface area contributed by atoms with Crippen LogP contribution in [0.25, 0.3) is 0 Å². The van der Waals surface area contributed by atoms with Gasteiger partial charge in [-0.15, -0.1) is 11.3 Å². The third-order valence-electron chi connectivity index (χ3n) is 4.52. The lowest BCUT2D eigenvalue weighted by Gasteiger charge is -2.14. The molecule has 1 atom stereocenters. The van der Waals surface area contributed by atoms with E-state index in [0.717, 1.165) is 18.8 Å². The van der Waals surface area contributed by atoms with Crippen LogP contribution in [0.5, 0.6) is 5.75 Å². The molecule has 110 valence electrons.